The van der Waals surface area contributed by atoms with Crippen molar-refractivity contribution < 1.29 is 4.79 Å². The summed E-state index contributed by atoms with van der Waals surface area (Å²) < 4.78 is 0. The van der Waals surface area contributed by atoms with Gasteiger partial charge in [0.1, 0.15) is 0 Å². The van der Waals surface area contributed by atoms with E-state index in [4.69, 9.17) is 0 Å². The number of nitrogens with zero attached hydrogens (tertiary/aromatic N) is 2. The predicted molar refractivity (Wildman–Crippen MR) is 55.0 cm³/mol. The van der Waals surface area contributed by atoms with Crippen molar-refractivity contribution in [1.82, 2.24) is 15.1 Å². The van der Waals surface area contributed by atoms with Crippen molar-refractivity contribution in [2.75, 3.05) is 26.2 Å². The molecule has 2 heterocycles. The first kappa shape index (κ1) is 9.77. The molecule has 80 valence electrons. The molecule has 0 aliphatic carbocycles. The minimum absolute atomic E-state index is 0.215. The average Bonchev–Trinajstić information content (AvgIpc) is 2.61. The molecule has 2 saturated heterocycles. The summed E-state index contributed by atoms with van der Waals surface area (Å²) in [5.74, 6) is 0. The van der Waals surface area contributed by atoms with Crippen LogP contribution in [0.3, 0.4) is 0 Å². The van der Waals surface area contributed by atoms with Crippen LogP contribution >= 0.6 is 0 Å². The van der Waals surface area contributed by atoms with Gasteiger partial charge in [-0.3, -0.25) is 5.32 Å². The highest BCUT2D eigenvalue weighted by atomic mass is 16.2. The van der Waals surface area contributed by atoms with Crippen LogP contribution in [0.2, 0.25) is 0 Å². The van der Waals surface area contributed by atoms with Gasteiger partial charge in [-0.15, -0.1) is 0 Å². The number of nitrogens with one attached hydrogen (secondary N) is 1. The maximum absolute atomic E-state index is 11.8. The van der Waals surface area contributed by atoms with E-state index >= 15 is 0 Å². The van der Waals surface area contributed by atoms with Crippen LogP contribution in [-0.4, -0.2) is 48.2 Å². The van der Waals surface area contributed by atoms with Crippen LogP contribution < -0.4 is 5.32 Å². The first-order valence-electron chi connectivity index (χ1n) is 5.62. The van der Waals surface area contributed by atoms with E-state index < -0.39 is 0 Å². The van der Waals surface area contributed by atoms with E-state index in [9.17, 15) is 4.79 Å². The zero-order valence-electron chi connectivity index (χ0n) is 8.83. The number of urea groups is 1. The Morgan fingerprint density at radius 1 is 1.43 bits per heavy atom. The third-order valence-electron chi connectivity index (χ3n) is 3.17. The fourth-order valence-corrected chi connectivity index (χ4v) is 2.28. The van der Waals surface area contributed by atoms with Crippen molar-refractivity contribution in [2.45, 2.75) is 32.4 Å². The van der Waals surface area contributed by atoms with Crippen molar-refractivity contribution in [3.8, 4) is 0 Å². The third-order valence-corrected chi connectivity index (χ3v) is 3.17. The molecule has 1 atom stereocenters. The first-order chi connectivity index (χ1) is 6.83. The Kier molecular flexibility index (Phi) is 2.91. The minimum atomic E-state index is 0.215. The molecule has 0 aromatic rings. The van der Waals surface area contributed by atoms with Crippen molar-refractivity contribution in [1.29, 1.82) is 0 Å². The first-order valence-corrected chi connectivity index (χ1v) is 5.62. The Morgan fingerprint density at radius 2 is 2.29 bits per heavy atom. The number of rotatable bonds is 2. The monoisotopic (exact) mass is 197 g/mol. The van der Waals surface area contributed by atoms with E-state index in [0.29, 0.717) is 6.17 Å². The molecule has 0 bridgehead atoms. The van der Waals surface area contributed by atoms with Gasteiger partial charge < -0.3 is 9.80 Å². The van der Waals surface area contributed by atoms with Gasteiger partial charge in [0.05, 0.1) is 6.17 Å². The quantitative estimate of drug-likeness (QED) is 0.712. The Balaban J connectivity index is 1.94. The van der Waals surface area contributed by atoms with Crippen LogP contribution in [0.15, 0.2) is 0 Å². The molecule has 0 spiro atoms. The summed E-state index contributed by atoms with van der Waals surface area (Å²) in [4.78, 5) is 15.7. The van der Waals surface area contributed by atoms with Crippen LogP contribution in [0.1, 0.15) is 26.2 Å². The fourth-order valence-electron chi connectivity index (χ4n) is 2.28. The molecule has 1 unspecified atom stereocenters. The number of hydrogen-bond donors (Lipinski definition) is 1. The van der Waals surface area contributed by atoms with Gasteiger partial charge >= 0.3 is 6.03 Å². The number of likely N-dealkylation sites (N-methyl/N-ethyl adjacent to an activating group) is 1. The van der Waals surface area contributed by atoms with Gasteiger partial charge in [-0.05, 0) is 32.7 Å². The van der Waals surface area contributed by atoms with Crippen molar-refractivity contribution >= 4 is 6.03 Å². The van der Waals surface area contributed by atoms with E-state index in [1.165, 1.54) is 12.8 Å². The maximum Gasteiger partial charge on any atom is 0.321 e. The summed E-state index contributed by atoms with van der Waals surface area (Å²) in [6, 6.07) is 0.215. The molecule has 2 rings (SSSR count). The second-order valence-electron chi connectivity index (χ2n) is 4.02. The lowest BCUT2D eigenvalue weighted by Gasteiger charge is -2.31. The lowest BCUT2D eigenvalue weighted by Crippen LogP contribution is -2.49. The second kappa shape index (κ2) is 4.17. The lowest BCUT2D eigenvalue weighted by atomic mass is 10.1. The Labute approximate surface area is 85.2 Å². The molecule has 0 radical (unpaired) electrons. The van der Waals surface area contributed by atoms with Gasteiger partial charge in [-0.25, -0.2) is 4.79 Å². The zero-order chi connectivity index (χ0) is 9.97. The van der Waals surface area contributed by atoms with Crippen molar-refractivity contribution in [3.05, 3.63) is 0 Å². The molecular formula is C10H19N3O. The molecule has 0 saturated carbocycles. The van der Waals surface area contributed by atoms with Crippen LogP contribution in [0.25, 0.3) is 0 Å². The summed E-state index contributed by atoms with van der Waals surface area (Å²) in [6.07, 6.45) is 3.90. The van der Waals surface area contributed by atoms with Gasteiger partial charge in [0.15, 0.2) is 0 Å². The van der Waals surface area contributed by atoms with E-state index in [1.54, 1.807) is 0 Å². The highest BCUT2D eigenvalue weighted by Crippen LogP contribution is 2.17. The summed E-state index contributed by atoms with van der Waals surface area (Å²) in [6.45, 7) is 5.72. The molecular weight excluding hydrogens is 178 g/mol. The zero-order valence-corrected chi connectivity index (χ0v) is 8.83. The fraction of sp³-hybridized carbons (Fsp3) is 0.900. The molecule has 2 fully saturated rings. The Morgan fingerprint density at radius 3 is 2.86 bits per heavy atom. The minimum Gasteiger partial charge on any atom is -0.323 e. The summed E-state index contributed by atoms with van der Waals surface area (Å²) in [5.41, 5.74) is 0. The Bertz CT molecular complexity index is 213. The standard InChI is InChI=1S/C10H19N3O/c1-2-12-7-8-13(10(12)14)9-5-3-4-6-11-9/h9,11H,2-8H2,1H3. The normalized spacial score (nSPS) is 28.6. The average molecular weight is 197 g/mol. The highest BCUT2D eigenvalue weighted by molar-refractivity contribution is 5.76. The SMILES string of the molecule is CCN1CCN(C2CCCCN2)C1=O. The molecule has 14 heavy (non-hydrogen) atoms. The summed E-state index contributed by atoms with van der Waals surface area (Å²) in [5, 5.41) is 3.41. The topological polar surface area (TPSA) is 35.6 Å². The van der Waals surface area contributed by atoms with Gasteiger partial charge in [0.2, 0.25) is 0 Å². The van der Waals surface area contributed by atoms with E-state index in [-0.39, 0.29) is 6.03 Å². The molecule has 2 aliphatic rings. The lowest BCUT2D eigenvalue weighted by molar-refractivity contribution is 0.155. The number of carbonyl (C=O) groups is 1. The van der Waals surface area contributed by atoms with Crippen molar-refractivity contribution in [3.63, 3.8) is 0 Å². The van der Waals surface area contributed by atoms with E-state index in [1.807, 2.05) is 16.7 Å². The van der Waals surface area contributed by atoms with Crippen LogP contribution in [0.5, 0.6) is 0 Å². The molecule has 4 nitrogen and oxygen atoms in total. The molecule has 4 heteroatoms. The van der Waals surface area contributed by atoms with Gasteiger partial charge in [0, 0.05) is 19.6 Å². The number of piperidine rings is 1. The molecule has 1 N–H and O–H groups in total. The number of carbonyl (C=O) groups excluding carboxylic acids is 1. The third kappa shape index (κ3) is 1.71. The van der Waals surface area contributed by atoms with Crippen LogP contribution in [0.4, 0.5) is 4.79 Å². The van der Waals surface area contributed by atoms with Gasteiger partial charge in [-0.2, -0.15) is 0 Å². The number of amides is 2. The largest absolute Gasteiger partial charge is 0.323 e. The smallest absolute Gasteiger partial charge is 0.321 e. The van der Waals surface area contributed by atoms with Gasteiger partial charge in [-0.1, -0.05) is 0 Å². The Hall–Kier alpha value is -0.770. The predicted octanol–water partition coefficient (Wildman–Crippen LogP) is 0.843. The van der Waals surface area contributed by atoms with Crippen LogP contribution in [-0.2, 0) is 0 Å². The van der Waals surface area contributed by atoms with Crippen molar-refractivity contribution in [2.24, 2.45) is 0 Å². The number of hydrogen-bond acceptors (Lipinski definition) is 2. The molecule has 2 amide bonds. The van der Waals surface area contributed by atoms with E-state index in [0.717, 1.165) is 32.6 Å². The molecule has 0 aromatic heterocycles. The highest BCUT2D eigenvalue weighted by Gasteiger charge is 2.32. The van der Waals surface area contributed by atoms with Crippen LogP contribution in [0, 0.1) is 0 Å². The van der Waals surface area contributed by atoms with E-state index in [2.05, 4.69) is 5.32 Å². The molecule has 2 aliphatic heterocycles. The maximum atomic E-state index is 11.8. The van der Waals surface area contributed by atoms with Gasteiger partial charge in [0.25, 0.3) is 0 Å². The second-order valence-corrected chi connectivity index (χ2v) is 4.02. The molecule has 0 aromatic carbocycles. The summed E-state index contributed by atoms with van der Waals surface area (Å²) in [7, 11) is 0. The summed E-state index contributed by atoms with van der Waals surface area (Å²) >= 11 is 0.